The number of methoxy groups -OCH3 is 1. The Morgan fingerprint density at radius 2 is 1.86 bits per heavy atom. The molecule has 1 aromatic heterocycles. The van der Waals surface area contributed by atoms with E-state index in [1.54, 1.807) is 35.0 Å². The number of rotatable bonds is 7. The summed E-state index contributed by atoms with van der Waals surface area (Å²) in [4.78, 5) is 38.3. The molecule has 8 nitrogen and oxygen atoms in total. The molecule has 154 valence electrons. The van der Waals surface area contributed by atoms with Crippen molar-refractivity contribution in [3.8, 4) is 5.75 Å². The molecular weight excluding hydrogens is 374 g/mol. The lowest BCUT2D eigenvalue weighted by Crippen LogP contribution is -2.37. The average Bonchev–Trinajstić information content (AvgIpc) is 2.71. The SMILES string of the molecule is COc1cn(CC(=O)Nc2ccc(C(C)=O)cc2)c(CN2CCOCC2)cc1=O. The highest BCUT2D eigenvalue weighted by Crippen LogP contribution is 2.13. The first-order valence-corrected chi connectivity index (χ1v) is 9.44. The number of hydrogen-bond acceptors (Lipinski definition) is 6. The van der Waals surface area contributed by atoms with Gasteiger partial charge in [0.25, 0.3) is 0 Å². The molecule has 29 heavy (non-hydrogen) atoms. The summed E-state index contributed by atoms with van der Waals surface area (Å²) in [6.45, 7) is 4.92. The van der Waals surface area contributed by atoms with Crippen molar-refractivity contribution in [3.63, 3.8) is 0 Å². The first-order valence-electron chi connectivity index (χ1n) is 9.44. The number of nitrogens with one attached hydrogen (secondary N) is 1. The number of nitrogens with zero attached hydrogens (tertiary/aromatic N) is 2. The van der Waals surface area contributed by atoms with Crippen LogP contribution in [0.5, 0.6) is 5.75 Å². The largest absolute Gasteiger partial charge is 0.491 e. The third-order valence-electron chi connectivity index (χ3n) is 4.78. The van der Waals surface area contributed by atoms with Gasteiger partial charge in [0.2, 0.25) is 11.3 Å². The van der Waals surface area contributed by atoms with Crippen LogP contribution in [0.3, 0.4) is 0 Å². The Bertz CT molecular complexity index is 930. The molecule has 3 rings (SSSR count). The van der Waals surface area contributed by atoms with Crippen molar-refractivity contribution in [1.29, 1.82) is 0 Å². The number of ketones is 1. The number of amides is 1. The summed E-state index contributed by atoms with van der Waals surface area (Å²) in [5, 5.41) is 2.82. The summed E-state index contributed by atoms with van der Waals surface area (Å²) < 4.78 is 12.2. The van der Waals surface area contributed by atoms with Crippen molar-refractivity contribution in [2.45, 2.75) is 20.0 Å². The van der Waals surface area contributed by atoms with Crippen molar-refractivity contribution < 1.29 is 19.1 Å². The van der Waals surface area contributed by atoms with Crippen molar-refractivity contribution in [2.75, 3.05) is 38.7 Å². The number of anilines is 1. The monoisotopic (exact) mass is 399 g/mol. The lowest BCUT2D eigenvalue weighted by molar-refractivity contribution is -0.116. The van der Waals surface area contributed by atoms with E-state index in [1.807, 2.05) is 0 Å². The average molecular weight is 399 g/mol. The number of Topliss-reactive ketones (excluding diaryl/α,β-unsaturated/α-hetero) is 1. The molecule has 1 saturated heterocycles. The van der Waals surface area contributed by atoms with Crippen LogP contribution < -0.4 is 15.5 Å². The van der Waals surface area contributed by atoms with Crippen LogP contribution in [0.25, 0.3) is 0 Å². The summed E-state index contributed by atoms with van der Waals surface area (Å²) in [7, 11) is 1.43. The zero-order valence-corrected chi connectivity index (χ0v) is 16.6. The number of hydrogen-bond donors (Lipinski definition) is 1. The van der Waals surface area contributed by atoms with E-state index in [0.29, 0.717) is 31.0 Å². The normalized spacial score (nSPS) is 14.4. The second kappa shape index (κ2) is 9.49. The first-order chi connectivity index (χ1) is 14.0. The van der Waals surface area contributed by atoms with Crippen LogP contribution in [0.2, 0.25) is 0 Å². The fourth-order valence-electron chi connectivity index (χ4n) is 3.16. The Morgan fingerprint density at radius 1 is 1.17 bits per heavy atom. The molecule has 2 heterocycles. The third kappa shape index (κ3) is 5.52. The second-order valence-electron chi connectivity index (χ2n) is 6.90. The maximum Gasteiger partial charge on any atom is 0.244 e. The Labute approximate surface area is 169 Å². The molecule has 0 saturated carbocycles. The van der Waals surface area contributed by atoms with E-state index in [9.17, 15) is 14.4 Å². The summed E-state index contributed by atoms with van der Waals surface area (Å²) in [5.41, 5.74) is 1.70. The first kappa shape index (κ1) is 20.8. The predicted molar refractivity (Wildman–Crippen MR) is 108 cm³/mol. The molecule has 0 atom stereocenters. The number of pyridine rings is 1. The van der Waals surface area contributed by atoms with Gasteiger partial charge in [-0.2, -0.15) is 0 Å². The fraction of sp³-hybridized carbons (Fsp3) is 0.381. The molecular formula is C21H25N3O5. The summed E-state index contributed by atoms with van der Waals surface area (Å²) in [6.07, 6.45) is 1.57. The summed E-state index contributed by atoms with van der Waals surface area (Å²) in [6, 6.07) is 8.24. The highest BCUT2D eigenvalue weighted by atomic mass is 16.5. The Hall–Kier alpha value is -2.97. The minimum atomic E-state index is -0.241. The van der Waals surface area contributed by atoms with Crippen LogP contribution in [-0.4, -0.2) is 54.6 Å². The van der Waals surface area contributed by atoms with Crippen molar-refractivity contribution in [2.24, 2.45) is 0 Å². The molecule has 1 aromatic carbocycles. The number of benzene rings is 1. The number of morpholine rings is 1. The number of carbonyl (C=O) groups excluding carboxylic acids is 2. The van der Waals surface area contributed by atoms with E-state index >= 15 is 0 Å². The molecule has 8 heteroatoms. The lowest BCUT2D eigenvalue weighted by Gasteiger charge is -2.27. The molecule has 1 aliphatic rings. The van der Waals surface area contributed by atoms with Crippen molar-refractivity contribution in [3.05, 3.63) is 58.0 Å². The molecule has 0 spiro atoms. The van der Waals surface area contributed by atoms with Crippen molar-refractivity contribution >= 4 is 17.4 Å². The van der Waals surface area contributed by atoms with E-state index < -0.39 is 0 Å². The molecule has 0 bridgehead atoms. The summed E-state index contributed by atoms with van der Waals surface area (Å²) in [5.74, 6) is -0.0835. The van der Waals surface area contributed by atoms with Gasteiger partial charge in [-0.1, -0.05) is 0 Å². The van der Waals surface area contributed by atoms with Crippen LogP contribution in [-0.2, 0) is 22.6 Å². The Morgan fingerprint density at radius 3 is 2.48 bits per heavy atom. The van der Waals surface area contributed by atoms with Crippen LogP contribution in [0.15, 0.2) is 41.3 Å². The standard InChI is InChI=1S/C21H25N3O5/c1-15(25)16-3-5-17(6-4-16)22-21(27)14-24-13-20(28-2)19(26)11-18(24)12-23-7-9-29-10-8-23/h3-6,11,13H,7-10,12,14H2,1-2H3,(H,22,27). The minimum absolute atomic E-state index is 0.0315. The molecule has 0 aliphatic carbocycles. The van der Waals surface area contributed by atoms with E-state index in [2.05, 4.69) is 10.2 Å². The smallest absolute Gasteiger partial charge is 0.244 e. The fourth-order valence-corrected chi connectivity index (χ4v) is 3.16. The Balaban J connectivity index is 1.75. The van der Waals surface area contributed by atoms with Gasteiger partial charge >= 0.3 is 0 Å². The van der Waals surface area contributed by atoms with Gasteiger partial charge in [-0.15, -0.1) is 0 Å². The van der Waals surface area contributed by atoms with Gasteiger partial charge in [0.1, 0.15) is 6.54 Å². The predicted octanol–water partition coefficient (Wildman–Crippen LogP) is 1.53. The molecule has 2 aromatic rings. The van der Waals surface area contributed by atoms with Gasteiger partial charge in [0, 0.05) is 42.6 Å². The van der Waals surface area contributed by atoms with Crippen molar-refractivity contribution in [1.82, 2.24) is 9.47 Å². The maximum atomic E-state index is 12.6. The maximum absolute atomic E-state index is 12.6. The lowest BCUT2D eigenvalue weighted by atomic mass is 10.1. The van der Waals surface area contributed by atoms with E-state index in [4.69, 9.17) is 9.47 Å². The molecule has 1 fully saturated rings. The van der Waals surface area contributed by atoms with Crippen LogP contribution >= 0.6 is 0 Å². The third-order valence-corrected chi connectivity index (χ3v) is 4.78. The molecule has 0 radical (unpaired) electrons. The molecule has 1 aliphatic heterocycles. The zero-order chi connectivity index (χ0) is 20.8. The molecule has 1 amide bonds. The highest BCUT2D eigenvalue weighted by Gasteiger charge is 2.16. The number of carbonyl (C=O) groups is 2. The van der Waals surface area contributed by atoms with Gasteiger partial charge in [-0.25, -0.2) is 0 Å². The number of aromatic nitrogens is 1. The van der Waals surface area contributed by atoms with E-state index in [-0.39, 0.29) is 29.4 Å². The van der Waals surface area contributed by atoms with Gasteiger partial charge in [0.15, 0.2) is 11.5 Å². The van der Waals surface area contributed by atoms with Crippen LogP contribution in [0, 0.1) is 0 Å². The minimum Gasteiger partial charge on any atom is -0.491 e. The zero-order valence-electron chi connectivity index (χ0n) is 16.6. The van der Waals surface area contributed by atoms with Gasteiger partial charge in [-0.05, 0) is 31.2 Å². The van der Waals surface area contributed by atoms with Gasteiger partial charge in [-0.3, -0.25) is 19.3 Å². The second-order valence-corrected chi connectivity index (χ2v) is 6.90. The van der Waals surface area contributed by atoms with E-state index in [1.165, 1.54) is 20.1 Å². The highest BCUT2D eigenvalue weighted by molar-refractivity contribution is 5.95. The van der Waals surface area contributed by atoms with E-state index in [0.717, 1.165) is 18.8 Å². The van der Waals surface area contributed by atoms with Gasteiger partial charge in [0.05, 0.1) is 26.5 Å². The topological polar surface area (TPSA) is 89.9 Å². The van der Waals surface area contributed by atoms with Crippen LogP contribution in [0.1, 0.15) is 23.0 Å². The molecule has 0 unspecified atom stereocenters. The van der Waals surface area contributed by atoms with Gasteiger partial charge < -0.3 is 19.4 Å². The van der Waals surface area contributed by atoms with Crippen LogP contribution in [0.4, 0.5) is 5.69 Å². The number of ether oxygens (including phenoxy) is 2. The quantitative estimate of drug-likeness (QED) is 0.711. The summed E-state index contributed by atoms with van der Waals surface area (Å²) >= 11 is 0. The Kier molecular flexibility index (Phi) is 6.79. The molecule has 1 N–H and O–H groups in total.